The van der Waals surface area contributed by atoms with E-state index in [1.807, 2.05) is 0 Å². The molecule has 0 aliphatic heterocycles. The number of phenols is 2. The highest BCUT2D eigenvalue weighted by molar-refractivity contribution is 5.47. The first-order chi connectivity index (χ1) is 7.63. The minimum absolute atomic E-state index is 0.185. The van der Waals surface area contributed by atoms with Gasteiger partial charge in [-0.2, -0.15) is 0 Å². The zero-order valence-corrected chi connectivity index (χ0v) is 8.62. The summed E-state index contributed by atoms with van der Waals surface area (Å²) in [5.41, 5.74) is 1.74. The fraction of sp³-hybridized carbons (Fsp3) is 0.200. The average molecular weight is 221 g/mol. The van der Waals surface area contributed by atoms with Gasteiger partial charge in [-0.05, 0) is 19.1 Å². The topological polar surface area (TPSA) is 91.4 Å². The van der Waals surface area contributed by atoms with Crippen LogP contribution in [0.25, 0.3) is 5.69 Å². The SMILES string of the molecule is Cc1c(CO)nnn1-c1ccc(O)c(O)c1. The molecule has 0 saturated heterocycles. The van der Waals surface area contributed by atoms with Crippen LogP contribution in [0.2, 0.25) is 0 Å². The van der Waals surface area contributed by atoms with Crippen molar-refractivity contribution in [3.8, 4) is 17.2 Å². The summed E-state index contributed by atoms with van der Waals surface area (Å²) >= 11 is 0. The maximum Gasteiger partial charge on any atom is 0.159 e. The third-order valence-corrected chi connectivity index (χ3v) is 2.34. The van der Waals surface area contributed by atoms with E-state index in [4.69, 9.17) is 5.11 Å². The molecule has 0 fully saturated rings. The molecule has 0 aliphatic rings. The minimum atomic E-state index is -0.224. The number of benzene rings is 1. The Labute approximate surface area is 91.4 Å². The van der Waals surface area contributed by atoms with Gasteiger partial charge in [-0.3, -0.25) is 0 Å². The maximum atomic E-state index is 9.36. The highest BCUT2D eigenvalue weighted by Gasteiger charge is 2.10. The molecule has 0 saturated carbocycles. The molecule has 0 amide bonds. The molecule has 2 aromatic rings. The number of nitrogens with zero attached hydrogens (tertiary/aromatic N) is 3. The van der Waals surface area contributed by atoms with E-state index in [0.717, 1.165) is 0 Å². The van der Waals surface area contributed by atoms with E-state index in [0.29, 0.717) is 17.1 Å². The van der Waals surface area contributed by atoms with Crippen molar-refractivity contribution in [2.45, 2.75) is 13.5 Å². The van der Waals surface area contributed by atoms with Gasteiger partial charge in [-0.1, -0.05) is 5.21 Å². The maximum absolute atomic E-state index is 9.36. The third kappa shape index (κ3) is 1.59. The summed E-state index contributed by atoms with van der Waals surface area (Å²) in [7, 11) is 0. The monoisotopic (exact) mass is 221 g/mol. The first kappa shape index (κ1) is 10.4. The van der Waals surface area contributed by atoms with Gasteiger partial charge in [0.15, 0.2) is 11.5 Å². The van der Waals surface area contributed by atoms with Crippen LogP contribution in [-0.4, -0.2) is 30.3 Å². The summed E-state index contributed by atoms with van der Waals surface area (Å²) in [4.78, 5) is 0. The largest absolute Gasteiger partial charge is 0.504 e. The molecule has 0 atom stereocenters. The molecule has 1 heterocycles. The van der Waals surface area contributed by atoms with Crippen molar-refractivity contribution < 1.29 is 15.3 Å². The molecule has 0 aliphatic carbocycles. The van der Waals surface area contributed by atoms with E-state index in [1.54, 1.807) is 13.0 Å². The summed E-state index contributed by atoms with van der Waals surface area (Å²) in [6.07, 6.45) is 0. The fourth-order valence-corrected chi connectivity index (χ4v) is 1.40. The van der Waals surface area contributed by atoms with E-state index in [9.17, 15) is 10.2 Å². The quantitative estimate of drug-likeness (QED) is 0.641. The predicted molar refractivity (Wildman–Crippen MR) is 55.3 cm³/mol. The Morgan fingerprint density at radius 3 is 2.56 bits per heavy atom. The van der Waals surface area contributed by atoms with Gasteiger partial charge in [0.05, 0.1) is 18.0 Å². The van der Waals surface area contributed by atoms with Gasteiger partial charge in [0, 0.05) is 6.07 Å². The second-order valence-electron chi connectivity index (χ2n) is 3.36. The molecule has 3 N–H and O–H groups in total. The van der Waals surface area contributed by atoms with Crippen molar-refractivity contribution >= 4 is 0 Å². The normalized spacial score (nSPS) is 10.6. The number of aromatic hydroxyl groups is 2. The number of aliphatic hydroxyl groups is 1. The Bertz CT molecular complexity index is 522. The lowest BCUT2D eigenvalue weighted by Crippen LogP contribution is -1.99. The molecule has 6 nitrogen and oxygen atoms in total. The first-order valence-electron chi connectivity index (χ1n) is 4.68. The first-order valence-corrected chi connectivity index (χ1v) is 4.68. The molecule has 16 heavy (non-hydrogen) atoms. The summed E-state index contributed by atoms with van der Waals surface area (Å²) in [6, 6.07) is 4.33. The van der Waals surface area contributed by atoms with Crippen LogP contribution < -0.4 is 0 Å². The summed E-state index contributed by atoms with van der Waals surface area (Å²) in [6.45, 7) is 1.57. The minimum Gasteiger partial charge on any atom is -0.504 e. The van der Waals surface area contributed by atoms with Crippen molar-refractivity contribution in [2.75, 3.05) is 0 Å². The third-order valence-electron chi connectivity index (χ3n) is 2.34. The van der Waals surface area contributed by atoms with E-state index < -0.39 is 0 Å². The zero-order chi connectivity index (χ0) is 11.7. The van der Waals surface area contributed by atoms with Crippen LogP contribution in [0, 0.1) is 6.92 Å². The molecule has 0 bridgehead atoms. The number of aliphatic hydroxyl groups excluding tert-OH is 1. The van der Waals surface area contributed by atoms with Crippen molar-refractivity contribution in [2.24, 2.45) is 0 Å². The second kappa shape index (κ2) is 3.82. The van der Waals surface area contributed by atoms with Crippen LogP contribution in [0.3, 0.4) is 0 Å². The Balaban J connectivity index is 2.50. The van der Waals surface area contributed by atoms with Gasteiger partial charge in [0.25, 0.3) is 0 Å². The lowest BCUT2D eigenvalue weighted by molar-refractivity contribution is 0.276. The summed E-state index contributed by atoms with van der Waals surface area (Å²) in [5.74, 6) is -0.415. The summed E-state index contributed by atoms with van der Waals surface area (Å²) < 4.78 is 1.48. The molecule has 6 heteroatoms. The van der Waals surface area contributed by atoms with Crippen molar-refractivity contribution in [3.63, 3.8) is 0 Å². The highest BCUT2D eigenvalue weighted by atomic mass is 16.3. The fourth-order valence-electron chi connectivity index (χ4n) is 1.40. The lowest BCUT2D eigenvalue weighted by Gasteiger charge is -2.04. The molecule has 1 aromatic carbocycles. The number of rotatable bonds is 2. The van der Waals surface area contributed by atoms with Crippen LogP contribution in [0.5, 0.6) is 11.5 Å². The van der Waals surface area contributed by atoms with Gasteiger partial charge in [-0.25, -0.2) is 4.68 Å². The molecule has 0 radical (unpaired) electrons. The van der Waals surface area contributed by atoms with E-state index in [-0.39, 0.29) is 18.1 Å². The molecule has 2 rings (SSSR count). The van der Waals surface area contributed by atoms with Gasteiger partial charge in [0.2, 0.25) is 0 Å². The number of aromatic nitrogens is 3. The van der Waals surface area contributed by atoms with Crippen molar-refractivity contribution in [3.05, 3.63) is 29.6 Å². The molecule has 0 spiro atoms. The second-order valence-corrected chi connectivity index (χ2v) is 3.36. The van der Waals surface area contributed by atoms with Crippen LogP contribution in [-0.2, 0) is 6.61 Å². The highest BCUT2D eigenvalue weighted by Crippen LogP contribution is 2.26. The molecular formula is C10H11N3O3. The van der Waals surface area contributed by atoms with Gasteiger partial charge in [0.1, 0.15) is 5.69 Å². The average Bonchev–Trinajstić information content (AvgIpc) is 2.64. The molecule has 0 unspecified atom stereocenters. The van der Waals surface area contributed by atoms with Gasteiger partial charge < -0.3 is 15.3 Å². The van der Waals surface area contributed by atoms with E-state index in [2.05, 4.69) is 10.3 Å². The van der Waals surface area contributed by atoms with Crippen LogP contribution >= 0.6 is 0 Å². The lowest BCUT2D eigenvalue weighted by atomic mass is 10.2. The Morgan fingerprint density at radius 2 is 2.00 bits per heavy atom. The molecule has 84 valence electrons. The van der Waals surface area contributed by atoms with Crippen LogP contribution in [0.1, 0.15) is 11.4 Å². The smallest absolute Gasteiger partial charge is 0.159 e. The Hall–Kier alpha value is -2.08. The van der Waals surface area contributed by atoms with Gasteiger partial charge in [-0.15, -0.1) is 5.10 Å². The number of hydrogen-bond donors (Lipinski definition) is 3. The van der Waals surface area contributed by atoms with Crippen LogP contribution in [0.4, 0.5) is 0 Å². The van der Waals surface area contributed by atoms with Crippen molar-refractivity contribution in [1.82, 2.24) is 15.0 Å². The van der Waals surface area contributed by atoms with E-state index >= 15 is 0 Å². The number of hydrogen-bond acceptors (Lipinski definition) is 5. The Kier molecular flexibility index (Phi) is 2.49. The van der Waals surface area contributed by atoms with Gasteiger partial charge >= 0.3 is 0 Å². The number of phenolic OH excluding ortho intramolecular Hbond substituents is 2. The zero-order valence-electron chi connectivity index (χ0n) is 8.62. The summed E-state index contributed by atoms with van der Waals surface area (Å²) in [5, 5.41) is 35.1. The van der Waals surface area contributed by atoms with Crippen molar-refractivity contribution in [1.29, 1.82) is 0 Å². The van der Waals surface area contributed by atoms with Crippen LogP contribution in [0.15, 0.2) is 18.2 Å². The molecular weight excluding hydrogens is 210 g/mol. The predicted octanol–water partition coefficient (Wildman–Crippen LogP) is 0.479. The molecule has 1 aromatic heterocycles. The Morgan fingerprint density at radius 1 is 1.25 bits per heavy atom. The standard InChI is InChI=1S/C10H11N3O3/c1-6-8(5-14)11-12-13(6)7-2-3-9(15)10(16)4-7/h2-4,14-16H,5H2,1H3. The van der Waals surface area contributed by atoms with E-state index in [1.165, 1.54) is 16.8 Å².